The molecule has 0 amide bonds. The zero-order chi connectivity index (χ0) is 16.3. The minimum Gasteiger partial charge on any atom is -0.392 e. The number of rotatable bonds is 2. The molecule has 120 valence electrons. The highest BCUT2D eigenvalue weighted by Gasteiger charge is 2.54. The van der Waals surface area contributed by atoms with Crippen molar-refractivity contribution in [1.29, 1.82) is 0 Å². The summed E-state index contributed by atoms with van der Waals surface area (Å²) in [6.07, 6.45) is -1.95. The van der Waals surface area contributed by atoms with Gasteiger partial charge in [0.2, 0.25) is 0 Å². The van der Waals surface area contributed by atoms with Gasteiger partial charge in [0, 0.05) is 48.4 Å². The van der Waals surface area contributed by atoms with Gasteiger partial charge in [-0.15, -0.1) is 0 Å². The second kappa shape index (κ2) is 4.72. The molecular weight excluding hydrogens is 288 g/mol. The topological polar surface area (TPSA) is 116 Å². The maximum absolute atomic E-state index is 12.1. The first kappa shape index (κ1) is 14.9. The maximum atomic E-state index is 12.1. The standard InChI is InChI=1S/C14H20N4O4/c1-5-7(13(21)17(3)15-5)9-11(19)10(12(9)20)8-6(2)16-18(4)14(8)22/h9-12,15-16,19-20H,1-4H3. The van der Waals surface area contributed by atoms with E-state index in [9.17, 15) is 19.8 Å². The van der Waals surface area contributed by atoms with E-state index >= 15 is 0 Å². The lowest BCUT2D eigenvalue weighted by molar-refractivity contribution is -0.0796. The molecule has 0 spiro atoms. The number of aromatic amines is 2. The van der Waals surface area contributed by atoms with Gasteiger partial charge >= 0.3 is 0 Å². The Balaban J connectivity index is 2.02. The molecule has 2 aromatic heterocycles. The van der Waals surface area contributed by atoms with Crippen LogP contribution in [0.25, 0.3) is 0 Å². The number of nitrogens with zero attached hydrogens (tertiary/aromatic N) is 2. The number of aliphatic hydroxyl groups is 2. The second-order valence-corrected chi connectivity index (χ2v) is 6.06. The lowest BCUT2D eigenvalue weighted by Gasteiger charge is -2.45. The van der Waals surface area contributed by atoms with E-state index in [2.05, 4.69) is 10.2 Å². The molecule has 0 radical (unpaired) electrons. The van der Waals surface area contributed by atoms with Crippen LogP contribution in [-0.2, 0) is 14.1 Å². The molecule has 3 rings (SSSR count). The molecule has 1 saturated carbocycles. The number of aliphatic hydroxyl groups excluding tert-OH is 2. The summed E-state index contributed by atoms with van der Waals surface area (Å²) < 4.78 is 2.63. The van der Waals surface area contributed by atoms with Gasteiger partial charge in [-0.1, -0.05) is 0 Å². The minimum atomic E-state index is -0.973. The predicted octanol–water partition coefficient (Wildman–Crippen LogP) is -1.04. The van der Waals surface area contributed by atoms with E-state index in [1.807, 2.05) is 0 Å². The molecule has 1 aliphatic rings. The number of nitrogens with one attached hydrogen (secondary N) is 2. The fourth-order valence-corrected chi connectivity index (χ4v) is 3.58. The minimum absolute atomic E-state index is 0.266. The summed E-state index contributed by atoms with van der Waals surface area (Å²) in [5.74, 6) is -1.37. The molecule has 8 heteroatoms. The molecule has 0 atom stereocenters. The Bertz CT molecular complexity index is 762. The van der Waals surface area contributed by atoms with Crippen molar-refractivity contribution in [1.82, 2.24) is 19.6 Å². The molecule has 0 bridgehead atoms. The van der Waals surface area contributed by atoms with Crippen LogP contribution in [0.4, 0.5) is 0 Å². The fraction of sp³-hybridized carbons (Fsp3) is 0.571. The molecule has 0 aromatic carbocycles. The first-order valence-corrected chi connectivity index (χ1v) is 7.12. The third kappa shape index (κ3) is 1.77. The molecule has 2 heterocycles. The highest BCUT2D eigenvalue weighted by molar-refractivity contribution is 5.37. The first-order valence-electron chi connectivity index (χ1n) is 7.12. The van der Waals surface area contributed by atoms with Gasteiger partial charge in [-0.2, -0.15) is 0 Å². The monoisotopic (exact) mass is 308 g/mol. The summed E-state index contributed by atoms with van der Waals surface area (Å²) in [5, 5.41) is 26.7. The summed E-state index contributed by atoms with van der Waals surface area (Å²) in [5.41, 5.74) is 1.46. The molecule has 22 heavy (non-hydrogen) atoms. The van der Waals surface area contributed by atoms with Crippen LogP contribution in [0, 0.1) is 13.8 Å². The summed E-state index contributed by atoms with van der Waals surface area (Å²) in [6.45, 7) is 3.45. The first-order chi connectivity index (χ1) is 10.3. The van der Waals surface area contributed by atoms with Gasteiger partial charge in [0.15, 0.2) is 0 Å². The third-order valence-corrected chi connectivity index (χ3v) is 4.69. The summed E-state index contributed by atoms with van der Waals surface area (Å²) in [7, 11) is 3.17. The molecular formula is C14H20N4O4. The van der Waals surface area contributed by atoms with E-state index in [0.717, 1.165) is 0 Å². The number of H-pyrrole nitrogens is 2. The molecule has 4 N–H and O–H groups in total. The van der Waals surface area contributed by atoms with Crippen molar-refractivity contribution in [3.05, 3.63) is 43.2 Å². The Kier molecular flexibility index (Phi) is 3.19. The third-order valence-electron chi connectivity index (χ3n) is 4.69. The van der Waals surface area contributed by atoms with Crippen molar-refractivity contribution in [2.24, 2.45) is 14.1 Å². The fourth-order valence-electron chi connectivity index (χ4n) is 3.58. The van der Waals surface area contributed by atoms with E-state index in [4.69, 9.17) is 0 Å². The molecule has 0 aliphatic heterocycles. The summed E-state index contributed by atoms with van der Waals surface area (Å²) >= 11 is 0. The molecule has 1 aliphatic carbocycles. The SMILES string of the molecule is Cc1[nH]n(C)c(=O)c1C1C(O)C(c2c(C)[nH]n(C)c2=O)C1O. The van der Waals surface area contributed by atoms with E-state index in [0.29, 0.717) is 22.5 Å². The number of aryl methyl sites for hydroxylation is 4. The maximum Gasteiger partial charge on any atom is 0.270 e. The average Bonchev–Trinajstić information content (AvgIpc) is 2.83. The Morgan fingerprint density at radius 3 is 1.36 bits per heavy atom. The second-order valence-electron chi connectivity index (χ2n) is 6.06. The predicted molar refractivity (Wildman–Crippen MR) is 79.0 cm³/mol. The average molecular weight is 308 g/mol. The van der Waals surface area contributed by atoms with Crippen LogP contribution in [0.15, 0.2) is 9.59 Å². The lowest BCUT2D eigenvalue weighted by atomic mass is 9.63. The number of hydrogen-bond acceptors (Lipinski definition) is 4. The Labute approximate surface area is 126 Å². The summed E-state index contributed by atoms with van der Waals surface area (Å²) in [6, 6.07) is 0. The van der Waals surface area contributed by atoms with E-state index in [-0.39, 0.29) is 11.1 Å². The van der Waals surface area contributed by atoms with Crippen molar-refractivity contribution >= 4 is 0 Å². The van der Waals surface area contributed by atoms with Crippen LogP contribution in [0.1, 0.15) is 34.4 Å². The molecule has 0 saturated heterocycles. The van der Waals surface area contributed by atoms with Crippen LogP contribution in [0.3, 0.4) is 0 Å². The quantitative estimate of drug-likeness (QED) is 0.567. The van der Waals surface area contributed by atoms with Crippen LogP contribution in [0.2, 0.25) is 0 Å². The van der Waals surface area contributed by atoms with Gasteiger partial charge in [0.05, 0.1) is 12.2 Å². The Hall–Kier alpha value is -2.06. The normalized spacial score (nSPS) is 27.9. The highest BCUT2D eigenvalue weighted by Crippen LogP contribution is 2.47. The van der Waals surface area contributed by atoms with Gasteiger partial charge < -0.3 is 10.2 Å². The van der Waals surface area contributed by atoms with E-state index in [1.54, 1.807) is 27.9 Å². The van der Waals surface area contributed by atoms with Crippen molar-refractivity contribution in [3.8, 4) is 0 Å². The van der Waals surface area contributed by atoms with Crippen molar-refractivity contribution in [2.75, 3.05) is 0 Å². The van der Waals surface area contributed by atoms with E-state index < -0.39 is 24.0 Å². The van der Waals surface area contributed by atoms with Gasteiger partial charge in [-0.05, 0) is 13.8 Å². The Morgan fingerprint density at radius 1 is 0.818 bits per heavy atom. The van der Waals surface area contributed by atoms with Crippen molar-refractivity contribution in [3.63, 3.8) is 0 Å². The zero-order valence-electron chi connectivity index (χ0n) is 12.9. The molecule has 2 aromatic rings. The Morgan fingerprint density at radius 2 is 1.14 bits per heavy atom. The van der Waals surface area contributed by atoms with Crippen molar-refractivity contribution in [2.45, 2.75) is 37.9 Å². The molecule has 0 unspecified atom stereocenters. The van der Waals surface area contributed by atoms with Crippen molar-refractivity contribution < 1.29 is 10.2 Å². The van der Waals surface area contributed by atoms with E-state index in [1.165, 1.54) is 9.36 Å². The highest BCUT2D eigenvalue weighted by atomic mass is 16.3. The molecule has 1 fully saturated rings. The lowest BCUT2D eigenvalue weighted by Crippen LogP contribution is -2.54. The van der Waals surface area contributed by atoms with Crippen LogP contribution < -0.4 is 11.1 Å². The van der Waals surface area contributed by atoms with Gasteiger partial charge in [-0.25, -0.2) is 0 Å². The van der Waals surface area contributed by atoms with Gasteiger partial charge in [-0.3, -0.25) is 29.2 Å². The summed E-state index contributed by atoms with van der Waals surface area (Å²) in [4.78, 5) is 24.3. The van der Waals surface area contributed by atoms with Gasteiger partial charge in [0.25, 0.3) is 11.1 Å². The largest absolute Gasteiger partial charge is 0.392 e. The smallest absolute Gasteiger partial charge is 0.270 e. The zero-order valence-corrected chi connectivity index (χ0v) is 12.9. The van der Waals surface area contributed by atoms with Gasteiger partial charge in [0.1, 0.15) is 0 Å². The van der Waals surface area contributed by atoms with Crippen LogP contribution in [-0.4, -0.2) is 42.0 Å². The number of hydrogen-bond donors (Lipinski definition) is 4. The molecule has 8 nitrogen and oxygen atoms in total. The van der Waals surface area contributed by atoms with Crippen LogP contribution >= 0.6 is 0 Å². The number of aromatic nitrogens is 4. The van der Waals surface area contributed by atoms with Crippen LogP contribution in [0.5, 0.6) is 0 Å².